The number of nitrogens with one attached hydrogen (secondary N) is 2. The van der Waals surface area contributed by atoms with E-state index in [1.165, 1.54) is 11.8 Å². The first-order valence-electron chi connectivity index (χ1n) is 6.80. The molecule has 1 aromatic rings. The zero-order valence-corrected chi connectivity index (χ0v) is 12.4. The second-order valence-electron chi connectivity index (χ2n) is 4.81. The summed E-state index contributed by atoms with van der Waals surface area (Å²) < 4.78 is 0. The smallest absolute Gasteiger partial charge is 0.328 e. The highest BCUT2D eigenvalue weighted by Crippen LogP contribution is 2.17. The minimum absolute atomic E-state index is 0.198. The molecule has 1 aliphatic rings. The van der Waals surface area contributed by atoms with Crippen molar-refractivity contribution in [1.82, 2.24) is 5.32 Å². The summed E-state index contributed by atoms with van der Waals surface area (Å²) in [5.41, 5.74) is 1.45. The lowest BCUT2D eigenvalue weighted by Crippen LogP contribution is -2.40. The molecule has 1 atom stereocenters. The van der Waals surface area contributed by atoms with Crippen LogP contribution in [0.15, 0.2) is 30.3 Å². The van der Waals surface area contributed by atoms with Gasteiger partial charge in [-0.25, -0.2) is 9.59 Å². The normalized spacial score (nSPS) is 18.4. The van der Waals surface area contributed by atoms with Crippen LogP contribution in [0.1, 0.15) is 18.4 Å². The average molecular weight is 306 g/mol. The average Bonchev–Trinajstić information content (AvgIpc) is 2.47. The van der Waals surface area contributed by atoms with E-state index in [-0.39, 0.29) is 12.1 Å². The van der Waals surface area contributed by atoms with Crippen LogP contribution in [-0.2, 0) is 4.79 Å². The number of aliphatic carboxylic acids is 1. The molecule has 112 valence electrons. The van der Waals surface area contributed by atoms with Crippen LogP contribution in [0.25, 0.3) is 6.08 Å². The van der Waals surface area contributed by atoms with E-state index in [9.17, 15) is 9.59 Å². The molecule has 1 unspecified atom stereocenters. The molecule has 1 heterocycles. The Balaban J connectivity index is 1.84. The molecular weight excluding hydrogens is 288 g/mol. The number of amides is 2. The van der Waals surface area contributed by atoms with Crippen LogP contribution in [0, 0.1) is 0 Å². The van der Waals surface area contributed by atoms with E-state index in [1.54, 1.807) is 24.3 Å². The predicted octanol–water partition coefficient (Wildman–Crippen LogP) is 2.80. The number of thioether (sulfide) groups is 1. The molecule has 1 fully saturated rings. The third-order valence-corrected chi connectivity index (χ3v) is 4.30. The van der Waals surface area contributed by atoms with E-state index in [0.717, 1.165) is 30.2 Å². The fourth-order valence-electron chi connectivity index (χ4n) is 2.05. The van der Waals surface area contributed by atoms with Crippen LogP contribution in [-0.4, -0.2) is 34.7 Å². The van der Waals surface area contributed by atoms with E-state index in [0.29, 0.717) is 5.69 Å². The monoisotopic (exact) mass is 306 g/mol. The molecule has 0 aliphatic carbocycles. The molecule has 21 heavy (non-hydrogen) atoms. The number of hydrogen-bond acceptors (Lipinski definition) is 3. The number of carbonyl (C=O) groups excluding carboxylic acids is 1. The van der Waals surface area contributed by atoms with Crippen molar-refractivity contribution in [2.75, 3.05) is 16.8 Å². The Kier molecular flexibility index (Phi) is 5.68. The summed E-state index contributed by atoms with van der Waals surface area (Å²) in [6.45, 7) is 0. The highest BCUT2D eigenvalue weighted by molar-refractivity contribution is 7.99. The van der Waals surface area contributed by atoms with E-state index in [1.807, 2.05) is 11.8 Å². The van der Waals surface area contributed by atoms with Gasteiger partial charge >= 0.3 is 12.0 Å². The molecule has 0 aromatic heterocycles. The van der Waals surface area contributed by atoms with Gasteiger partial charge in [-0.15, -0.1) is 0 Å². The lowest BCUT2D eigenvalue weighted by Gasteiger charge is -2.22. The van der Waals surface area contributed by atoms with Gasteiger partial charge in [-0.1, -0.05) is 12.1 Å². The van der Waals surface area contributed by atoms with Crippen LogP contribution in [0.2, 0.25) is 0 Å². The highest BCUT2D eigenvalue weighted by atomic mass is 32.2. The summed E-state index contributed by atoms with van der Waals surface area (Å²) in [4.78, 5) is 22.3. The molecule has 6 heteroatoms. The van der Waals surface area contributed by atoms with Gasteiger partial charge in [0.1, 0.15) is 0 Å². The summed E-state index contributed by atoms with van der Waals surface area (Å²) in [6, 6.07) is 7.04. The molecular formula is C15H18N2O3S. The molecule has 0 saturated carbocycles. The lowest BCUT2D eigenvalue weighted by atomic mass is 10.2. The third kappa shape index (κ3) is 5.51. The Morgan fingerprint density at radius 2 is 2.05 bits per heavy atom. The maximum Gasteiger partial charge on any atom is 0.328 e. The molecule has 2 amide bonds. The first-order valence-corrected chi connectivity index (χ1v) is 7.95. The van der Waals surface area contributed by atoms with Crippen molar-refractivity contribution >= 4 is 35.5 Å². The molecule has 0 radical (unpaired) electrons. The van der Waals surface area contributed by atoms with Gasteiger partial charge in [-0.3, -0.25) is 0 Å². The van der Waals surface area contributed by atoms with Crippen LogP contribution in [0.4, 0.5) is 10.5 Å². The second-order valence-corrected chi connectivity index (χ2v) is 5.96. The number of urea groups is 1. The van der Waals surface area contributed by atoms with Crippen LogP contribution < -0.4 is 10.6 Å². The fraction of sp³-hybridized carbons (Fsp3) is 0.333. The summed E-state index contributed by atoms with van der Waals surface area (Å²) in [6.07, 6.45) is 4.75. The van der Waals surface area contributed by atoms with E-state index in [2.05, 4.69) is 10.6 Å². The van der Waals surface area contributed by atoms with E-state index >= 15 is 0 Å². The van der Waals surface area contributed by atoms with Crippen molar-refractivity contribution in [3.63, 3.8) is 0 Å². The lowest BCUT2D eigenvalue weighted by molar-refractivity contribution is -0.131. The fourth-order valence-corrected chi connectivity index (χ4v) is 3.12. The summed E-state index contributed by atoms with van der Waals surface area (Å²) in [5.74, 6) is 1.15. The van der Waals surface area contributed by atoms with Crippen molar-refractivity contribution in [3.8, 4) is 0 Å². The minimum Gasteiger partial charge on any atom is -0.478 e. The number of carboxylic acid groups (broad SMARTS) is 1. The number of hydrogen-bond donors (Lipinski definition) is 3. The first-order chi connectivity index (χ1) is 10.1. The van der Waals surface area contributed by atoms with Crippen molar-refractivity contribution in [3.05, 3.63) is 35.9 Å². The zero-order chi connectivity index (χ0) is 15.1. The quantitative estimate of drug-likeness (QED) is 0.747. The largest absolute Gasteiger partial charge is 0.478 e. The zero-order valence-electron chi connectivity index (χ0n) is 11.5. The molecule has 2 rings (SSSR count). The Morgan fingerprint density at radius 1 is 1.29 bits per heavy atom. The topological polar surface area (TPSA) is 78.4 Å². The molecule has 1 aromatic carbocycles. The highest BCUT2D eigenvalue weighted by Gasteiger charge is 2.15. The predicted molar refractivity (Wildman–Crippen MR) is 85.6 cm³/mol. The SMILES string of the molecule is O=C(O)/C=C/c1ccc(NC(=O)NC2CCCSC2)cc1. The molecule has 1 saturated heterocycles. The number of carbonyl (C=O) groups is 2. The van der Waals surface area contributed by atoms with Gasteiger partial charge < -0.3 is 15.7 Å². The Bertz CT molecular complexity index is 522. The van der Waals surface area contributed by atoms with Crippen LogP contribution >= 0.6 is 11.8 Å². The van der Waals surface area contributed by atoms with Gasteiger partial charge in [-0.2, -0.15) is 11.8 Å². The van der Waals surface area contributed by atoms with Gasteiger partial charge in [0.15, 0.2) is 0 Å². The Morgan fingerprint density at radius 3 is 2.67 bits per heavy atom. The van der Waals surface area contributed by atoms with Gasteiger partial charge in [-0.05, 0) is 42.4 Å². The molecule has 1 aliphatic heterocycles. The molecule has 3 N–H and O–H groups in total. The van der Waals surface area contributed by atoms with Crippen LogP contribution in [0.5, 0.6) is 0 Å². The second kappa shape index (κ2) is 7.73. The van der Waals surface area contributed by atoms with E-state index in [4.69, 9.17) is 5.11 Å². The maximum absolute atomic E-state index is 11.9. The minimum atomic E-state index is -0.984. The van der Waals surface area contributed by atoms with Crippen LogP contribution in [0.3, 0.4) is 0 Å². The van der Waals surface area contributed by atoms with Crippen molar-refractivity contribution in [2.24, 2.45) is 0 Å². The van der Waals surface area contributed by atoms with Crippen molar-refractivity contribution in [1.29, 1.82) is 0 Å². The molecule has 0 spiro atoms. The number of benzene rings is 1. The molecule has 5 nitrogen and oxygen atoms in total. The number of anilines is 1. The number of rotatable bonds is 4. The number of carboxylic acids is 1. The summed E-state index contributed by atoms with van der Waals surface area (Å²) in [5, 5.41) is 14.3. The van der Waals surface area contributed by atoms with Gasteiger partial charge in [0.25, 0.3) is 0 Å². The summed E-state index contributed by atoms with van der Waals surface area (Å²) >= 11 is 1.86. The maximum atomic E-state index is 11.9. The third-order valence-electron chi connectivity index (χ3n) is 3.08. The standard InChI is InChI=1S/C15H18N2O3S/c18-14(19)8-5-11-3-6-12(7-4-11)16-15(20)17-13-2-1-9-21-10-13/h3-8,13H,1-2,9-10H2,(H,18,19)(H2,16,17,20)/b8-5+. The van der Waals surface area contributed by atoms with E-state index < -0.39 is 5.97 Å². The van der Waals surface area contributed by atoms with Gasteiger partial charge in [0, 0.05) is 23.6 Å². The Labute approximate surface area is 127 Å². The van der Waals surface area contributed by atoms with Crippen molar-refractivity contribution in [2.45, 2.75) is 18.9 Å². The molecule has 0 bridgehead atoms. The first kappa shape index (κ1) is 15.4. The van der Waals surface area contributed by atoms with Gasteiger partial charge in [0.05, 0.1) is 0 Å². The summed E-state index contributed by atoms with van der Waals surface area (Å²) in [7, 11) is 0. The Hall–Kier alpha value is -1.95. The van der Waals surface area contributed by atoms with Gasteiger partial charge in [0.2, 0.25) is 0 Å². The van der Waals surface area contributed by atoms with Crippen molar-refractivity contribution < 1.29 is 14.7 Å².